The van der Waals surface area contributed by atoms with Crippen molar-refractivity contribution in [2.24, 2.45) is 10.9 Å². The van der Waals surface area contributed by atoms with Crippen LogP contribution in [0.2, 0.25) is 0 Å². The number of hydrazine groups is 1. The average molecular weight is 433 g/mol. The predicted molar refractivity (Wildman–Crippen MR) is 127 cm³/mol. The topological polar surface area (TPSA) is 69.3 Å². The molecule has 1 aliphatic carbocycles. The van der Waals surface area contributed by atoms with Crippen LogP contribution in [0.1, 0.15) is 56.3 Å². The third-order valence-electron chi connectivity index (χ3n) is 5.94. The number of halogens is 1. The summed E-state index contributed by atoms with van der Waals surface area (Å²) < 4.78 is 14.6. The number of nitrogens with one attached hydrogen (secondary N) is 3. The average Bonchev–Trinajstić information content (AvgIpc) is 3.31. The lowest BCUT2D eigenvalue weighted by atomic mass is 9.91. The first-order chi connectivity index (χ1) is 15.6. The van der Waals surface area contributed by atoms with Gasteiger partial charge in [-0.15, -0.1) is 0 Å². The molecule has 0 bridgehead atoms. The maximum absolute atomic E-state index is 14.6. The van der Waals surface area contributed by atoms with Crippen molar-refractivity contribution in [1.82, 2.24) is 15.8 Å². The second-order valence-electron chi connectivity index (χ2n) is 8.44. The van der Waals surface area contributed by atoms with Crippen molar-refractivity contribution in [2.45, 2.75) is 45.2 Å². The molecule has 3 aromatic rings. The summed E-state index contributed by atoms with van der Waals surface area (Å²) in [6, 6.07) is 17.7. The van der Waals surface area contributed by atoms with Crippen LogP contribution < -0.4 is 16.4 Å². The van der Waals surface area contributed by atoms with E-state index < -0.39 is 6.17 Å². The second kappa shape index (κ2) is 10.4. The number of benzene rings is 2. The van der Waals surface area contributed by atoms with Gasteiger partial charge in [-0.3, -0.25) is 4.79 Å². The van der Waals surface area contributed by atoms with Gasteiger partial charge >= 0.3 is 0 Å². The minimum atomic E-state index is -0.500. The molecule has 1 aliphatic heterocycles. The number of hydrogen-bond donors (Lipinski definition) is 3. The number of amidine groups is 1. The van der Waals surface area contributed by atoms with E-state index in [4.69, 9.17) is 0 Å². The van der Waals surface area contributed by atoms with Crippen LogP contribution in [-0.2, 0) is 0 Å². The minimum Gasteiger partial charge on any atom is -0.328 e. The Morgan fingerprint density at radius 3 is 2.28 bits per heavy atom. The van der Waals surface area contributed by atoms with Gasteiger partial charge in [-0.2, -0.15) is 0 Å². The Balaban J connectivity index is 0.000000300. The van der Waals surface area contributed by atoms with Gasteiger partial charge in [0, 0.05) is 23.4 Å². The summed E-state index contributed by atoms with van der Waals surface area (Å²) in [5.41, 5.74) is 8.61. The molecule has 5 nitrogen and oxygen atoms in total. The lowest BCUT2D eigenvalue weighted by Gasteiger charge is -2.15. The van der Waals surface area contributed by atoms with Crippen LogP contribution in [0.15, 0.2) is 76.6 Å². The van der Waals surface area contributed by atoms with Crippen molar-refractivity contribution in [1.29, 1.82) is 0 Å². The molecule has 0 amide bonds. The number of H-pyrrole nitrogens is 1. The van der Waals surface area contributed by atoms with E-state index >= 15 is 0 Å². The first-order valence-corrected chi connectivity index (χ1v) is 11.2. The van der Waals surface area contributed by atoms with Gasteiger partial charge in [0.25, 0.3) is 0 Å². The highest BCUT2D eigenvalue weighted by Crippen LogP contribution is 2.26. The van der Waals surface area contributed by atoms with Crippen LogP contribution in [0.5, 0.6) is 0 Å². The Hall–Kier alpha value is -3.25. The summed E-state index contributed by atoms with van der Waals surface area (Å²) in [7, 11) is 0. The molecule has 1 aromatic heterocycles. The summed E-state index contributed by atoms with van der Waals surface area (Å²) in [6.45, 7) is 2.36. The fourth-order valence-corrected chi connectivity index (χ4v) is 4.05. The van der Waals surface area contributed by atoms with Gasteiger partial charge in [-0.25, -0.2) is 14.8 Å². The molecule has 2 aliphatic rings. The van der Waals surface area contributed by atoms with Gasteiger partial charge in [0.15, 0.2) is 0 Å². The zero-order valence-electron chi connectivity index (χ0n) is 18.3. The maximum Gasteiger partial charge on any atom is 0.247 e. The third-order valence-corrected chi connectivity index (χ3v) is 5.94. The number of hydrogen-bond acceptors (Lipinski definition) is 4. The van der Waals surface area contributed by atoms with Gasteiger partial charge in [0.05, 0.1) is 0 Å². The van der Waals surface area contributed by atoms with Crippen LogP contribution in [0.4, 0.5) is 4.39 Å². The molecule has 0 saturated heterocycles. The molecule has 0 radical (unpaired) electrons. The number of aromatic amines is 1. The molecule has 1 unspecified atom stereocenters. The van der Waals surface area contributed by atoms with Crippen LogP contribution in [0, 0.1) is 11.7 Å². The minimum absolute atomic E-state index is 0.190. The van der Waals surface area contributed by atoms with E-state index in [1.807, 2.05) is 36.4 Å². The van der Waals surface area contributed by atoms with Crippen molar-refractivity contribution in [3.63, 3.8) is 0 Å². The SMILES string of the molecule is CC1CCCCC1.O=c1ccc(-c2ccc(C3N=C(c4ccccc4)NN3)c(F)c2)c[nH]1. The molecule has 1 fully saturated rings. The van der Waals surface area contributed by atoms with E-state index in [2.05, 4.69) is 27.8 Å². The van der Waals surface area contributed by atoms with Crippen molar-refractivity contribution in [2.75, 3.05) is 0 Å². The van der Waals surface area contributed by atoms with Crippen LogP contribution in [0.3, 0.4) is 0 Å². The summed E-state index contributed by atoms with van der Waals surface area (Å²) in [5, 5.41) is 0. The molecule has 3 N–H and O–H groups in total. The molecule has 2 heterocycles. The number of rotatable bonds is 3. The highest BCUT2D eigenvalue weighted by atomic mass is 19.1. The van der Waals surface area contributed by atoms with E-state index in [1.165, 1.54) is 44.2 Å². The first-order valence-electron chi connectivity index (χ1n) is 11.2. The van der Waals surface area contributed by atoms with Crippen molar-refractivity contribution in [3.05, 3.63) is 94.2 Å². The zero-order chi connectivity index (χ0) is 22.3. The van der Waals surface area contributed by atoms with E-state index in [9.17, 15) is 9.18 Å². The lowest BCUT2D eigenvalue weighted by molar-refractivity contribution is 0.385. The Labute approximate surface area is 187 Å². The van der Waals surface area contributed by atoms with Gasteiger partial charge in [-0.1, -0.05) is 81.5 Å². The molecule has 32 heavy (non-hydrogen) atoms. The van der Waals surface area contributed by atoms with Gasteiger partial charge in [0.2, 0.25) is 5.56 Å². The summed E-state index contributed by atoms with van der Waals surface area (Å²) in [4.78, 5) is 18.2. The van der Waals surface area contributed by atoms with E-state index in [-0.39, 0.29) is 11.4 Å². The molecule has 166 valence electrons. The van der Waals surface area contributed by atoms with Crippen LogP contribution in [0.25, 0.3) is 11.1 Å². The number of nitrogens with zero attached hydrogens (tertiary/aromatic N) is 1. The fourth-order valence-electron chi connectivity index (χ4n) is 4.05. The highest BCUT2D eigenvalue weighted by molar-refractivity contribution is 5.99. The monoisotopic (exact) mass is 432 g/mol. The molecule has 0 spiro atoms. The van der Waals surface area contributed by atoms with Crippen LogP contribution in [-0.4, -0.2) is 10.8 Å². The maximum atomic E-state index is 14.6. The summed E-state index contributed by atoms with van der Waals surface area (Å²) >= 11 is 0. The Morgan fingerprint density at radius 2 is 1.66 bits per heavy atom. The van der Waals surface area contributed by atoms with Gasteiger partial charge < -0.3 is 10.4 Å². The third kappa shape index (κ3) is 5.51. The molecule has 5 rings (SSSR count). The second-order valence-corrected chi connectivity index (χ2v) is 8.44. The largest absolute Gasteiger partial charge is 0.328 e. The zero-order valence-corrected chi connectivity index (χ0v) is 18.3. The Morgan fingerprint density at radius 1 is 0.906 bits per heavy atom. The van der Waals surface area contributed by atoms with E-state index in [0.29, 0.717) is 17.0 Å². The fraction of sp³-hybridized carbons (Fsp3) is 0.308. The van der Waals surface area contributed by atoms with Crippen molar-refractivity contribution < 1.29 is 4.39 Å². The quantitative estimate of drug-likeness (QED) is 0.525. The predicted octanol–water partition coefficient (Wildman–Crippen LogP) is 5.32. The Kier molecular flexibility index (Phi) is 7.12. The normalized spacial score (nSPS) is 18.3. The Bertz CT molecular complexity index is 1100. The molecule has 1 saturated carbocycles. The molecular formula is C26H29FN4O. The smallest absolute Gasteiger partial charge is 0.247 e. The van der Waals surface area contributed by atoms with Crippen LogP contribution >= 0.6 is 0 Å². The molecule has 1 atom stereocenters. The number of aromatic nitrogens is 1. The first kappa shape index (κ1) is 22.0. The van der Waals surface area contributed by atoms with E-state index in [1.54, 1.807) is 18.3 Å². The molecule has 2 aromatic carbocycles. The lowest BCUT2D eigenvalue weighted by Crippen LogP contribution is -2.32. The van der Waals surface area contributed by atoms with E-state index in [0.717, 1.165) is 17.0 Å². The summed E-state index contributed by atoms with van der Waals surface area (Å²) in [6.07, 6.45) is 8.50. The van der Waals surface area contributed by atoms with Gasteiger partial charge in [-0.05, 0) is 29.2 Å². The standard InChI is InChI=1S/C19H15FN4O.C7H14/c20-16-10-13(14-7-9-17(25)21-11-14)6-8-15(16)19-22-18(23-24-19)12-4-2-1-3-5-12;1-7-5-3-2-4-6-7/h1-11,19,24H,(H,21,25)(H,22,23);7H,2-6H2,1H3. The van der Waals surface area contributed by atoms with Gasteiger partial charge in [0.1, 0.15) is 17.8 Å². The molecular weight excluding hydrogens is 403 g/mol. The highest BCUT2D eigenvalue weighted by Gasteiger charge is 2.22. The molecule has 6 heteroatoms. The van der Waals surface area contributed by atoms with Crippen molar-refractivity contribution >= 4 is 5.84 Å². The summed E-state index contributed by atoms with van der Waals surface area (Å²) in [5.74, 6) is 1.35. The number of pyridine rings is 1. The number of aliphatic imine (C=N–C) groups is 1. The van der Waals surface area contributed by atoms with Crippen molar-refractivity contribution in [3.8, 4) is 11.1 Å².